The molecule has 0 spiro atoms. The van der Waals surface area contributed by atoms with Crippen LogP contribution in [0.5, 0.6) is 0 Å². The molecule has 0 aliphatic carbocycles. The summed E-state index contributed by atoms with van der Waals surface area (Å²) in [6.07, 6.45) is -6.50. The third-order valence-electron chi connectivity index (χ3n) is 6.92. The minimum Gasteiger partial charge on any atom is -0.398 e. The van der Waals surface area contributed by atoms with Gasteiger partial charge in [-0.1, -0.05) is 49.7 Å². The van der Waals surface area contributed by atoms with Crippen LogP contribution in [-0.4, -0.2) is 57.0 Å². The van der Waals surface area contributed by atoms with Crippen LogP contribution in [0.25, 0.3) is 11.4 Å². The highest BCUT2D eigenvalue weighted by Gasteiger charge is 2.52. The lowest BCUT2D eigenvalue weighted by Gasteiger charge is -2.48. The number of benzene rings is 2. The van der Waals surface area contributed by atoms with Crippen molar-refractivity contribution in [2.24, 2.45) is 10.7 Å². The highest BCUT2D eigenvalue weighted by molar-refractivity contribution is 6.30. The lowest BCUT2D eigenvalue weighted by molar-refractivity contribution is -0.273. The molecule has 2 aromatic carbocycles. The summed E-state index contributed by atoms with van der Waals surface area (Å²) in [5, 5.41) is 15.7. The summed E-state index contributed by atoms with van der Waals surface area (Å²) in [5.74, 6) is 0.204. The Balaban J connectivity index is 0.00000189. The van der Waals surface area contributed by atoms with E-state index in [9.17, 15) is 18.3 Å². The average molecular weight is 592 g/mol. The van der Waals surface area contributed by atoms with Crippen molar-refractivity contribution in [3.63, 3.8) is 0 Å². The molecule has 220 valence electrons. The Morgan fingerprint density at radius 2 is 1.90 bits per heavy atom. The van der Waals surface area contributed by atoms with Gasteiger partial charge in [0.05, 0.1) is 17.9 Å². The van der Waals surface area contributed by atoms with Crippen LogP contribution >= 0.6 is 11.6 Å². The molecule has 0 amide bonds. The van der Waals surface area contributed by atoms with Crippen LogP contribution in [0.4, 0.5) is 13.2 Å². The standard InChI is InChI=1S/C27H27ClF3N5O3.C2H6/c1-13-6-4-5-7-17(13)21(32)14(2)11-33-22-23(37)25(39-20-12-38-24(20)22)26-34-15(3)35-36(26)19-10-16(28)8-9-18(19)27(29,30)31;1-2/h4-11,20,22-25,37H,12,32H2,1-3H3;1-2H3/b21-14-,33-11?;. The molecule has 2 aliphatic heterocycles. The highest BCUT2D eigenvalue weighted by atomic mass is 35.5. The molecule has 5 rings (SSSR count). The van der Waals surface area contributed by atoms with Gasteiger partial charge in [0.1, 0.15) is 36.3 Å². The van der Waals surface area contributed by atoms with Gasteiger partial charge in [-0.15, -0.1) is 0 Å². The van der Waals surface area contributed by atoms with Gasteiger partial charge in [-0.25, -0.2) is 9.67 Å². The van der Waals surface area contributed by atoms with Gasteiger partial charge in [0.15, 0.2) is 5.82 Å². The number of aliphatic imine (C=N–C) groups is 1. The minimum atomic E-state index is -4.68. The summed E-state index contributed by atoms with van der Waals surface area (Å²) < 4.78 is 54.3. The van der Waals surface area contributed by atoms with Crippen molar-refractivity contribution in [3.05, 3.63) is 81.4 Å². The molecule has 3 aromatic rings. The fourth-order valence-electron chi connectivity index (χ4n) is 4.82. The van der Waals surface area contributed by atoms with Crippen molar-refractivity contribution in [2.45, 2.75) is 71.3 Å². The molecule has 41 heavy (non-hydrogen) atoms. The van der Waals surface area contributed by atoms with Gasteiger partial charge in [-0.2, -0.15) is 18.3 Å². The van der Waals surface area contributed by atoms with E-state index in [0.717, 1.165) is 34.0 Å². The van der Waals surface area contributed by atoms with Crippen LogP contribution in [0.15, 0.2) is 53.0 Å². The Hall–Kier alpha value is -3.25. The number of ether oxygens (including phenoxy) is 2. The molecule has 0 radical (unpaired) electrons. The predicted molar refractivity (Wildman–Crippen MR) is 151 cm³/mol. The third kappa shape index (κ3) is 6.18. The fraction of sp³-hybridized carbons (Fsp3) is 0.414. The van der Waals surface area contributed by atoms with Crippen LogP contribution < -0.4 is 5.73 Å². The molecular weight excluding hydrogens is 559 g/mol. The molecule has 2 aliphatic rings. The second-order valence-electron chi connectivity index (χ2n) is 9.65. The number of fused-ring (bicyclic) bond motifs is 1. The number of allylic oxidation sites excluding steroid dienone is 1. The van der Waals surface area contributed by atoms with E-state index in [1.54, 1.807) is 13.1 Å². The number of aliphatic hydroxyl groups excluding tert-OH is 1. The van der Waals surface area contributed by atoms with E-state index >= 15 is 0 Å². The number of aromatic nitrogens is 3. The number of aryl methyl sites for hydroxylation is 2. The molecular formula is C29H33ClF3N5O3. The second-order valence-corrected chi connectivity index (χ2v) is 10.1. The first-order valence-corrected chi connectivity index (χ1v) is 13.6. The first-order valence-electron chi connectivity index (χ1n) is 13.3. The molecule has 3 heterocycles. The zero-order valence-corrected chi connectivity index (χ0v) is 24.1. The summed E-state index contributed by atoms with van der Waals surface area (Å²) in [6, 6.07) is 10.1. The molecule has 0 saturated carbocycles. The van der Waals surface area contributed by atoms with Crippen molar-refractivity contribution in [1.29, 1.82) is 0 Å². The van der Waals surface area contributed by atoms with E-state index in [0.29, 0.717) is 11.3 Å². The maximum Gasteiger partial charge on any atom is 0.418 e. The Kier molecular flexibility index (Phi) is 9.22. The number of nitrogens with zero attached hydrogens (tertiary/aromatic N) is 4. The van der Waals surface area contributed by atoms with Crippen molar-refractivity contribution in [3.8, 4) is 5.69 Å². The molecule has 1 aromatic heterocycles. The number of hydrogen-bond acceptors (Lipinski definition) is 7. The van der Waals surface area contributed by atoms with Gasteiger partial charge in [-0.05, 0) is 50.1 Å². The normalized spacial score (nSPS) is 24.7. The summed E-state index contributed by atoms with van der Waals surface area (Å²) in [7, 11) is 0. The Morgan fingerprint density at radius 1 is 1.20 bits per heavy atom. The average Bonchev–Trinajstić information content (AvgIpc) is 3.31. The Bertz CT molecular complexity index is 1460. The SMILES string of the molecule is C/C(C=NC1C(O)C(c2nc(C)nn2-c2cc(Cl)ccc2C(F)(F)F)OC2COC21)=C(/N)c1ccccc1C.CC. The first-order chi connectivity index (χ1) is 19.5. The molecule has 2 fully saturated rings. The van der Waals surface area contributed by atoms with Crippen LogP contribution in [0.3, 0.4) is 0 Å². The van der Waals surface area contributed by atoms with Crippen molar-refractivity contribution < 1.29 is 27.8 Å². The van der Waals surface area contributed by atoms with Gasteiger partial charge < -0.3 is 20.3 Å². The van der Waals surface area contributed by atoms with Crippen LogP contribution in [0.1, 0.15) is 55.2 Å². The zero-order chi connectivity index (χ0) is 30.1. The summed E-state index contributed by atoms with van der Waals surface area (Å²) in [4.78, 5) is 8.94. The van der Waals surface area contributed by atoms with E-state index in [4.69, 9.17) is 26.8 Å². The summed E-state index contributed by atoms with van der Waals surface area (Å²) in [6.45, 7) is 9.55. The zero-order valence-electron chi connectivity index (χ0n) is 23.4. The fourth-order valence-corrected chi connectivity index (χ4v) is 4.98. The first kappa shape index (κ1) is 30.7. The van der Waals surface area contributed by atoms with Crippen molar-refractivity contribution in [2.75, 3.05) is 6.61 Å². The van der Waals surface area contributed by atoms with E-state index in [1.807, 2.05) is 52.0 Å². The predicted octanol–water partition coefficient (Wildman–Crippen LogP) is 5.61. The maximum atomic E-state index is 13.9. The minimum absolute atomic E-state index is 0.00463. The van der Waals surface area contributed by atoms with Crippen LogP contribution in [0, 0.1) is 13.8 Å². The van der Waals surface area contributed by atoms with E-state index in [2.05, 4.69) is 15.1 Å². The highest BCUT2D eigenvalue weighted by Crippen LogP contribution is 2.41. The monoisotopic (exact) mass is 591 g/mol. The molecule has 0 bridgehead atoms. The molecule has 5 atom stereocenters. The number of rotatable bonds is 5. The van der Waals surface area contributed by atoms with E-state index < -0.39 is 42.2 Å². The van der Waals surface area contributed by atoms with Gasteiger partial charge >= 0.3 is 6.18 Å². The number of alkyl halides is 3. The van der Waals surface area contributed by atoms with Crippen molar-refractivity contribution >= 4 is 23.5 Å². The molecule has 2 saturated heterocycles. The number of halogens is 4. The van der Waals surface area contributed by atoms with Crippen LogP contribution in [0.2, 0.25) is 5.02 Å². The Labute approximate surface area is 241 Å². The number of nitrogens with two attached hydrogens (primary N) is 1. The summed E-state index contributed by atoms with van der Waals surface area (Å²) >= 11 is 6.06. The Morgan fingerprint density at radius 3 is 2.54 bits per heavy atom. The maximum absolute atomic E-state index is 13.9. The van der Waals surface area contributed by atoms with Crippen molar-refractivity contribution in [1.82, 2.24) is 14.8 Å². The second kappa shape index (κ2) is 12.3. The lowest BCUT2D eigenvalue weighted by Crippen LogP contribution is -2.62. The van der Waals surface area contributed by atoms with Gasteiger partial charge in [0.25, 0.3) is 0 Å². The molecule has 8 nitrogen and oxygen atoms in total. The number of aliphatic hydroxyl groups is 1. The smallest absolute Gasteiger partial charge is 0.398 e. The van der Waals surface area contributed by atoms with E-state index in [-0.39, 0.29) is 29.0 Å². The van der Waals surface area contributed by atoms with E-state index in [1.165, 1.54) is 0 Å². The quantitative estimate of drug-likeness (QED) is 0.373. The van der Waals surface area contributed by atoms with Gasteiger partial charge in [0, 0.05) is 22.5 Å². The molecule has 3 N–H and O–H groups in total. The topological polar surface area (TPSA) is 108 Å². The number of hydrogen-bond donors (Lipinski definition) is 2. The van der Waals surface area contributed by atoms with Crippen LogP contribution in [-0.2, 0) is 15.7 Å². The summed E-state index contributed by atoms with van der Waals surface area (Å²) in [5.41, 5.74) is 8.21. The third-order valence-corrected chi connectivity index (χ3v) is 7.16. The molecule has 12 heteroatoms. The molecule has 5 unspecified atom stereocenters. The van der Waals surface area contributed by atoms with Gasteiger partial charge in [-0.3, -0.25) is 4.99 Å². The largest absolute Gasteiger partial charge is 0.418 e. The lowest BCUT2D eigenvalue weighted by atomic mass is 9.89. The van der Waals surface area contributed by atoms with Gasteiger partial charge in [0.2, 0.25) is 0 Å².